The molecule has 4 aromatic rings. The summed E-state index contributed by atoms with van der Waals surface area (Å²) in [7, 11) is 0. The lowest BCUT2D eigenvalue weighted by Gasteiger charge is -2.12. The monoisotopic (exact) mass is 329 g/mol. The summed E-state index contributed by atoms with van der Waals surface area (Å²) in [6.07, 6.45) is 2.45. The first-order chi connectivity index (χ1) is 12.3. The normalized spacial score (nSPS) is 14.6. The highest BCUT2D eigenvalue weighted by atomic mass is 16.3. The lowest BCUT2D eigenvalue weighted by molar-refractivity contribution is 0.477. The van der Waals surface area contributed by atoms with Crippen molar-refractivity contribution in [2.75, 3.05) is 18.0 Å². The van der Waals surface area contributed by atoms with Crippen molar-refractivity contribution < 1.29 is 5.11 Å². The molecule has 124 valence electrons. The highest BCUT2D eigenvalue weighted by Crippen LogP contribution is 2.38. The van der Waals surface area contributed by atoms with E-state index in [4.69, 9.17) is 4.98 Å². The smallest absolute Gasteiger partial charge is 0.203 e. The number of hydrogen-bond acceptors (Lipinski definition) is 3. The van der Waals surface area contributed by atoms with E-state index in [9.17, 15) is 5.11 Å². The average Bonchev–Trinajstić information content (AvgIpc) is 3.31. The first-order valence-electron chi connectivity index (χ1n) is 8.76. The van der Waals surface area contributed by atoms with E-state index < -0.39 is 0 Å². The van der Waals surface area contributed by atoms with Gasteiger partial charge in [-0.25, -0.2) is 4.98 Å². The minimum Gasteiger partial charge on any atom is -0.507 e. The number of aromatic nitrogens is 2. The van der Waals surface area contributed by atoms with Crippen LogP contribution in [0.3, 0.4) is 0 Å². The largest absolute Gasteiger partial charge is 0.507 e. The molecule has 2 N–H and O–H groups in total. The van der Waals surface area contributed by atoms with Crippen molar-refractivity contribution in [3.05, 3.63) is 54.6 Å². The number of fused-ring (bicyclic) bond motifs is 3. The van der Waals surface area contributed by atoms with E-state index in [0.29, 0.717) is 5.75 Å². The number of anilines is 1. The lowest BCUT2D eigenvalue weighted by Crippen LogP contribution is -2.18. The SMILES string of the molecule is Oc1ccccc1-c1cc2[nH]c(N3CCCC3)nc2c2ccccc12. The summed E-state index contributed by atoms with van der Waals surface area (Å²) in [5, 5.41) is 12.6. The zero-order valence-corrected chi connectivity index (χ0v) is 13.9. The summed E-state index contributed by atoms with van der Waals surface area (Å²) in [6, 6.07) is 17.9. The molecule has 4 heteroatoms. The molecule has 0 unspecified atom stereocenters. The van der Waals surface area contributed by atoms with Gasteiger partial charge in [-0.15, -0.1) is 0 Å². The number of aromatic amines is 1. The molecule has 2 heterocycles. The lowest BCUT2D eigenvalue weighted by atomic mass is 9.96. The molecule has 25 heavy (non-hydrogen) atoms. The number of imidazole rings is 1. The summed E-state index contributed by atoms with van der Waals surface area (Å²) in [4.78, 5) is 10.7. The van der Waals surface area contributed by atoms with Gasteiger partial charge in [0.15, 0.2) is 0 Å². The van der Waals surface area contributed by atoms with Crippen LogP contribution in [0.4, 0.5) is 5.95 Å². The third-order valence-corrected chi connectivity index (χ3v) is 5.08. The van der Waals surface area contributed by atoms with Crippen molar-refractivity contribution in [1.29, 1.82) is 0 Å². The topological polar surface area (TPSA) is 52.1 Å². The summed E-state index contributed by atoms with van der Waals surface area (Å²) in [6.45, 7) is 2.12. The second kappa shape index (κ2) is 5.52. The Morgan fingerprint density at radius 2 is 1.60 bits per heavy atom. The molecule has 0 aliphatic carbocycles. The van der Waals surface area contributed by atoms with E-state index in [1.807, 2.05) is 30.3 Å². The number of phenolic OH excluding ortho intramolecular Hbond substituents is 1. The van der Waals surface area contributed by atoms with Crippen LogP contribution in [0.5, 0.6) is 5.75 Å². The quantitative estimate of drug-likeness (QED) is 0.561. The van der Waals surface area contributed by atoms with Crippen molar-refractivity contribution in [3.63, 3.8) is 0 Å². The van der Waals surface area contributed by atoms with Gasteiger partial charge in [0.25, 0.3) is 0 Å². The second-order valence-corrected chi connectivity index (χ2v) is 6.64. The third kappa shape index (κ3) is 2.25. The number of phenols is 1. The second-order valence-electron chi connectivity index (χ2n) is 6.64. The van der Waals surface area contributed by atoms with Crippen molar-refractivity contribution in [2.24, 2.45) is 0 Å². The molecule has 0 spiro atoms. The van der Waals surface area contributed by atoms with Gasteiger partial charge in [-0.1, -0.05) is 42.5 Å². The van der Waals surface area contributed by atoms with Gasteiger partial charge in [-0.3, -0.25) is 0 Å². The van der Waals surface area contributed by atoms with Crippen molar-refractivity contribution >= 4 is 27.8 Å². The van der Waals surface area contributed by atoms with Crippen LogP contribution in [-0.2, 0) is 0 Å². The Labute approximate surface area is 145 Å². The number of nitrogens with zero attached hydrogens (tertiary/aromatic N) is 2. The van der Waals surface area contributed by atoms with E-state index in [2.05, 4.69) is 28.1 Å². The Balaban J connectivity index is 1.81. The Morgan fingerprint density at radius 3 is 2.40 bits per heavy atom. The Bertz CT molecular complexity index is 1080. The van der Waals surface area contributed by atoms with Gasteiger partial charge in [0.1, 0.15) is 5.75 Å². The fraction of sp³-hybridized carbons (Fsp3) is 0.190. The Morgan fingerprint density at radius 1 is 0.880 bits per heavy atom. The number of H-pyrrole nitrogens is 1. The molecule has 0 saturated carbocycles. The van der Waals surface area contributed by atoms with Gasteiger partial charge in [0, 0.05) is 24.0 Å². The van der Waals surface area contributed by atoms with Gasteiger partial charge < -0.3 is 15.0 Å². The molecular formula is C21H19N3O. The maximum absolute atomic E-state index is 10.3. The van der Waals surface area contributed by atoms with E-state index in [1.54, 1.807) is 6.07 Å². The fourth-order valence-electron chi connectivity index (χ4n) is 3.83. The van der Waals surface area contributed by atoms with E-state index in [1.165, 1.54) is 12.8 Å². The Kier molecular flexibility index (Phi) is 3.17. The maximum Gasteiger partial charge on any atom is 0.203 e. The summed E-state index contributed by atoms with van der Waals surface area (Å²) < 4.78 is 0. The summed E-state index contributed by atoms with van der Waals surface area (Å²) in [5.74, 6) is 1.25. The van der Waals surface area contributed by atoms with Gasteiger partial charge >= 0.3 is 0 Å². The standard InChI is InChI=1S/C21H19N3O/c25-19-10-4-3-8-15(19)17-13-18-20(16-9-2-1-7-14(16)17)23-21(22-18)24-11-5-6-12-24/h1-4,7-10,13,25H,5-6,11-12H2,(H,22,23). The molecule has 1 aromatic heterocycles. The molecule has 1 aliphatic rings. The molecule has 5 rings (SSSR count). The van der Waals surface area contributed by atoms with Crippen LogP contribution in [0.2, 0.25) is 0 Å². The number of rotatable bonds is 2. The van der Waals surface area contributed by atoms with Gasteiger partial charge in [0.2, 0.25) is 5.95 Å². The maximum atomic E-state index is 10.3. The molecule has 1 fully saturated rings. The zero-order chi connectivity index (χ0) is 16.8. The van der Waals surface area contributed by atoms with Crippen LogP contribution < -0.4 is 4.90 Å². The highest BCUT2D eigenvalue weighted by molar-refractivity contribution is 6.12. The number of hydrogen-bond donors (Lipinski definition) is 2. The van der Waals surface area contributed by atoms with Crippen molar-refractivity contribution in [3.8, 4) is 16.9 Å². The van der Waals surface area contributed by atoms with Gasteiger partial charge in [-0.05, 0) is 35.9 Å². The molecule has 1 saturated heterocycles. The number of nitrogens with one attached hydrogen (secondary N) is 1. The predicted octanol–water partition coefficient (Wildman–Crippen LogP) is 4.69. The van der Waals surface area contributed by atoms with Crippen LogP contribution in [0.1, 0.15) is 12.8 Å². The van der Waals surface area contributed by atoms with Gasteiger partial charge in [0.05, 0.1) is 11.0 Å². The highest BCUT2D eigenvalue weighted by Gasteiger charge is 2.18. The molecule has 1 aliphatic heterocycles. The molecular weight excluding hydrogens is 310 g/mol. The minimum atomic E-state index is 0.297. The van der Waals surface area contributed by atoms with Crippen LogP contribution in [-0.4, -0.2) is 28.2 Å². The average molecular weight is 329 g/mol. The molecule has 0 bridgehead atoms. The van der Waals surface area contributed by atoms with Crippen molar-refractivity contribution in [2.45, 2.75) is 12.8 Å². The van der Waals surface area contributed by atoms with Crippen molar-refractivity contribution in [1.82, 2.24) is 9.97 Å². The number of aromatic hydroxyl groups is 1. The van der Waals surface area contributed by atoms with E-state index >= 15 is 0 Å². The zero-order valence-electron chi connectivity index (χ0n) is 13.9. The number of benzene rings is 3. The first-order valence-corrected chi connectivity index (χ1v) is 8.76. The van der Waals surface area contributed by atoms with Crippen LogP contribution >= 0.6 is 0 Å². The third-order valence-electron chi connectivity index (χ3n) is 5.08. The van der Waals surface area contributed by atoms with Crippen LogP contribution in [0.25, 0.3) is 32.9 Å². The predicted molar refractivity (Wildman–Crippen MR) is 102 cm³/mol. The molecule has 0 amide bonds. The first kappa shape index (κ1) is 14.3. The molecule has 3 aromatic carbocycles. The molecule has 0 atom stereocenters. The summed E-state index contributed by atoms with van der Waals surface area (Å²) in [5.41, 5.74) is 3.88. The minimum absolute atomic E-state index is 0.297. The molecule has 4 nitrogen and oxygen atoms in total. The van der Waals surface area contributed by atoms with Crippen LogP contribution in [0.15, 0.2) is 54.6 Å². The number of para-hydroxylation sites is 1. The summed E-state index contributed by atoms with van der Waals surface area (Å²) >= 11 is 0. The fourth-order valence-corrected chi connectivity index (χ4v) is 3.83. The van der Waals surface area contributed by atoms with Gasteiger partial charge in [-0.2, -0.15) is 0 Å². The molecule has 0 radical (unpaired) electrons. The Hall–Kier alpha value is -3.01. The van der Waals surface area contributed by atoms with Crippen LogP contribution in [0, 0.1) is 0 Å². The van der Waals surface area contributed by atoms with E-state index in [0.717, 1.165) is 52.0 Å². The van der Waals surface area contributed by atoms with E-state index in [-0.39, 0.29) is 0 Å².